The molecule has 156 valence electrons. The van der Waals surface area contributed by atoms with Gasteiger partial charge in [0.15, 0.2) is 5.96 Å². The van der Waals surface area contributed by atoms with Gasteiger partial charge in [-0.15, -0.1) is 0 Å². The van der Waals surface area contributed by atoms with Crippen molar-refractivity contribution in [1.82, 2.24) is 14.9 Å². The number of rotatable bonds is 5. The first-order valence-electron chi connectivity index (χ1n) is 10.2. The van der Waals surface area contributed by atoms with Gasteiger partial charge >= 0.3 is 0 Å². The van der Waals surface area contributed by atoms with E-state index in [0.29, 0.717) is 11.3 Å². The molecule has 2 fully saturated rings. The standard InChI is InChI=1S/C20H32N4O2S2/c1-3-22-19(24-13-14-27-20(16-24)11-5-4-6-12-20)23-15-17-7-9-18(10-8-17)28(25,26)21-2/h7-10,21H,3-6,11-16H2,1-2H3,(H,22,23). The Bertz CT molecular complexity index is 766. The average Bonchev–Trinajstić information content (AvgIpc) is 2.72. The zero-order chi connectivity index (χ0) is 20.0. The molecule has 8 heteroatoms. The first-order valence-corrected chi connectivity index (χ1v) is 12.6. The quantitative estimate of drug-likeness (QED) is 0.562. The van der Waals surface area contributed by atoms with Gasteiger partial charge in [-0.3, -0.25) is 0 Å². The number of hydrogen-bond donors (Lipinski definition) is 2. The minimum absolute atomic E-state index is 0.280. The van der Waals surface area contributed by atoms with Gasteiger partial charge < -0.3 is 10.2 Å². The predicted molar refractivity (Wildman–Crippen MR) is 117 cm³/mol. The molecule has 1 aliphatic heterocycles. The van der Waals surface area contributed by atoms with Crippen LogP contribution in [-0.4, -0.2) is 56.5 Å². The molecule has 1 aromatic rings. The third kappa shape index (κ3) is 5.21. The number of sulfonamides is 1. The highest BCUT2D eigenvalue weighted by atomic mass is 32.2. The molecular weight excluding hydrogens is 392 g/mol. The second kappa shape index (κ2) is 9.50. The monoisotopic (exact) mass is 424 g/mol. The van der Waals surface area contributed by atoms with E-state index in [1.54, 1.807) is 12.1 Å². The topological polar surface area (TPSA) is 73.8 Å². The van der Waals surface area contributed by atoms with E-state index < -0.39 is 10.0 Å². The fourth-order valence-electron chi connectivity index (χ4n) is 4.01. The SMILES string of the molecule is CCNC(=NCc1ccc(S(=O)(=O)NC)cc1)N1CCSC2(CCCCC2)C1. The Kier molecular flexibility index (Phi) is 7.28. The van der Waals surface area contributed by atoms with Crippen LogP contribution in [0.5, 0.6) is 0 Å². The smallest absolute Gasteiger partial charge is 0.240 e. The van der Waals surface area contributed by atoms with Crippen molar-refractivity contribution >= 4 is 27.7 Å². The fourth-order valence-corrected chi connectivity index (χ4v) is 6.31. The Hall–Kier alpha value is -1.25. The van der Waals surface area contributed by atoms with E-state index in [-0.39, 0.29) is 4.90 Å². The van der Waals surface area contributed by atoms with Crippen LogP contribution >= 0.6 is 11.8 Å². The molecule has 1 saturated heterocycles. The number of thioether (sulfide) groups is 1. The molecule has 3 rings (SSSR count). The van der Waals surface area contributed by atoms with Crippen molar-refractivity contribution in [3.05, 3.63) is 29.8 Å². The van der Waals surface area contributed by atoms with E-state index in [4.69, 9.17) is 4.99 Å². The average molecular weight is 425 g/mol. The molecule has 1 aromatic carbocycles. The van der Waals surface area contributed by atoms with Crippen LogP contribution in [0.2, 0.25) is 0 Å². The van der Waals surface area contributed by atoms with Crippen LogP contribution < -0.4 is 10.0 Å². The molecule has 0 unspecified atom stereocenters. The van der Waals surface area contributed by atoms with Crippen molar-refractivity contribution in [2.45, 2.75) is 55.2 Å². The van der Waals surface area contributed by atoms with E-state index in [1.807, 2.05) is 12.1 Å². The molecule has 2 aliphatic rings. The molecule has 0 amide bonds. The van der Waals surface area contributed by atoms with Crippen molar-refractivity contribution < 1.29 is 8.42 Å². The Morgan fingerprint density at radius 1 is 1.21 bits per heavy atom. The van der Waals surface area contributed by atoms with Crippen molar-refractivity contribution in [2.75, 3.05) is 32.4 Å². The lowest BCUT2D eigenvalue weighted by Gasteiger charge is -2.45. The zero-order valence-electron chi connectivity index (χ0n) is 16.9. The van der Waals surface area contributed by atoms with E-state index in [9.17, 15) is 8.42 Å². The fraction of sp³-hybridized carbons (Fsp3) is 0.650. The van der Waals surface area contributed by atoms with Crippen LogP contribution in [0.1, 0.15) is 44.6 Å². The second-order valence-corrected chi connectivity index (χ2v) is 11.0. The van der Waals surface area contributed by atoms with Crippen LogP contribution in [0, 0.1) is 0 Å². The van der Waals surface area contributed by atoms with Crippen molar-refractivity contribution in [3.8, 4) is 0 Å². The van der Waals surface area contributed by atoms with Gasteiger partial charge in [0.1, 0.15) is 0 Å². The summed E-state index contributed by atoms with van der Waals surface area (Å²) in [6, 6.07) is 6.95. The summed E-state index contributed by atoms with van der Waals surface area (Å²) in [4.78, 5) is 7.56. The number of aliphatic imine (C=N–C) groups is 1. The summed E-state index contributed by atoms with van der Waals surface area (Å²) in [5.74, 6) is 2.13. The summed E-state index contributed by atoms with van der Waals surface area (Å²) in [6.07, 6.45) is 6.69. The number of benzene rings is 1. The van der Waals surface area contributed by atoms with Gasteiger partial charge in [0.25, 0.3) is 0 Å². The number of nitrogens with zero attached hydrogens (tertiary/aromatic N) is 2. The van der Waals surface area contributed by atoms with E-state index >= 15 is 0 Å². The Morgan fingerprint density at radius 3 is 2.57 bits per heavy atom. The molecule has 1 heterocycles. The third-order valence-electron chi connectivity index (χ3n) is 5.56. The van der Waals surface area contributed by atoms with Crippen LogP contribution in [0.3, 0.4) is 0 Å². The minimum atomic E-state index is -3.40. The second-order valence-electron chi connectivity index (χ2n) is 7.54. The molecule has 0 radical (unpaired) electrons. The molecule has 0 bridgehead atoms. The van der Waals surface area contributed by atoms with Crippen LogP contribution in [-0.2, 0) is 16.6 Å². The van der Waals surface area contributed by atoms with Gasteiger partial charge in [0.2, 0.25) is 10.0 Å². The maximum atomic E-state index is 11.9. The minimum Gasteiger partial charge on any atom is -0.357 e. The molecule has 28 heavy (non-hydrogen) atoms. The van der Waals surface area contributed by atoms with E-state index in [0.717, 1.165) is 36.9 Å². The summed E-state index contributed by atoms with van der Waals surface area (Å²) in [5.41, 5.74) is 1.00. The van der Waals surface area contributed by atoms with Gasteiger partial charge in [-0.1, -0.05) is 31.4 Å². The summed E-state index contributed by atoms with van der Waals surface area (Å²) in [7, 11) is -1.97. The van der Waals surface area contributed by atoms with Gasteiger partial charge in [-0.25, -0.2) is 18.1 Å². The Balaban J connectivity index is 1.70. The normalized spacial score (nSPS) is 20.4. The van der Waals surface area contributed by atoms with Gasteiger partial charge in [-0.05, 0) is 44.5 Å². The van der Waals surface area contributed by atoms with Crippen molar-refractivity contribution in [2.24, 2.45) is 4.99 Å². The third-order valence-corrected chi connectivity index (χ3v) is 8.53. The predicted octanol–water partition coefficient (Wildman–Crippen LogP) is 2.81. The molecule has 1 saturated carbocycles. The largest absolute Gasteiger partial charge is 0.357 e. The highest BCUT2D eigenvalue weighted by Gasteiger charge is 2.38. The first kappa shape index (κ1) is 21.5. The van der Waals surface area contributed by atoms with Crippen molar-refractivity contribution in [1.29, 1.82) is 0 Å². The highest BCUT2D eigenvalue weighted by Crippen LogP contribution is 2.42. The molecule has 1 aliphatic carbocycles. The Labute approximate surface area is 173 Å². The maximum absolute atomic E-state index is 11.9. The number of hydrogen-bond acceptors (Lipinski definition) is 4. The van der Waals surface area contributed by atoms with Crippen LogP contribution in [0.15, 0.2) is 34.2 Å². The highest BCUT2D eigenvalue weighted by molar-refractivity contribution is 8.00. The summed E-state index contributed by atoms with van der Waals surface area (Å²) in [6.45, 7) is 5.58. The van der Waals surface area contributed by atoms with Crippen LogP contribution in [0.25, 0.3) is 0 Å². The van der Waals surface area contributed by atoms with Gasteiger partial charge in [0.05, 0.1) is 11.4 Å². The van der Waals surface area contributed by atoms with Gasteiger partial charge in [-0.2, -0.15) is 11.8 Å². The van der Waals surface area contributed by atoms with Crippen molar-refractivity contribution in [3.63, 3.8) is 0 Å². The molecule has 6 nitrogen and oxygen atoms in total. The molecule has 0 atom stereocenters. The molecule has 1 spiro atoms. The first-order chi connectivity index (χ1) is 13.5. The molecular formula is C20H32N4O2S2. The number of guanidine groups is 1. The molecule has 2 N–H and O–H groups in total. The summed E-state index contributed by atoms with van der Waals surface area (Å²) >= 11 is 2.16. The lowest BCUT2D eigenvalue weighted by molar-refractivity contribution is 0.293. The zero-order valence-corrected chi connectivity index (χ0v) is 18.5. The van der Waals surface area contributed by atoms with Gasteiger partial charge in [0, 0.05) is 30.1 Å². The summed E-state index contributed by atoms with van der Waals surface area (Å²) in [5, 5.41) is 3.45. The lowest BCUT2D eigenvalue weighted by Crippen LogP contribution is -2.53. The van der Waals surface area contributed by atoms with E-state index in [1.165, 1.54) is 39.2 Å². The van der Waals surface area contributed by atoms with E-state index in [2.05, 4.69) is 33.6 Å². The lowest BCUT2D eigenvalue weighted by atomic mass is 9.87. The van der Waals surface area contributed by atoms with Crippen LogP contribution in [0.4, 0.5) is 0 Å². The summed E-state index contributed by atoms with van der Waals surface area (Å²) < 4.78 is 26.5. The Morgan fingerprint density at radius 2 is 1.93 bits per heavy atom. The number of nitrogens with one attached hydrogen (secondary N) is 2. The maximum Gasteiger partial charge on any atom is 0.240 e. The molecule has 0 aromatic heterocycles.